The molecule has 6 atom stereocenters. The smallest absolute Gasteiger partial charge is 0.0272 e. The third-order valence-corrected chi connectivity index (χ3v) is 9.19. The van der Waals surface area contributed by atoms with Gasteiger partial charge >= 0.3 is 0 Å². The van der Waals surface area contributed by atoms with Crippen molar-refractivity contribution >= 4 is 0 Å². The largest absolute Gasteiger partial charge is 0.0648 e. The zero-order valence-corrected chi connectivity index (χ0v) is 15.2. The first-order valence-corrected chi connectivity index (χ1v) is 10.7. The molecule has 0 aliphatic heterocycles. The molecule has 0 radical (unpaired) electrons. The standard InChI is InChI=1S/C22H38/c1-3-22(14-5-4-6-15-22)16(2)19-13-12-18-11-10-17-8-7-9-20(19)21(17)18/h16-21H,3-15H2,1-2H3. The average molecular weight is 303 g/mol. The van der Waals surface area contributed by atoms with Gasteiger partial charge in [-0.1, -0.05) is 52.4 Å². The second-order valence-electron chi connectivity index (χ2n) is 9.58. The van der Waals surface area contributed by atoms with E-state index in [1.807, 2.05) is 0 Å². The Balaban J connectivity index is 1.56. The van der Waals surface area contributed by atoms with Gasteiger partial charge in [-0.25, -0.2) is 0 Å². The van der Waals surface area contributed by atoms with Gasteiger partial charge in [-0.05, 0) is 85.9 Å². The van der Waals surface area contributed by atoms with E-state index in [1.165, 1.54) is 25.7 Å². The molecule has 126 valence electrons. The minimum Gasteiger partial charge on any atom is -0.0648 e. The normalized spacial score (nSPS) is 45.3. The van der Waals surface area contributed by atoms with E-state index in [-0.39, 0.29) is 0 Å². The highest BCUT2D eigenvalue weighted by Crippen LogP contribution is 2.60. The molecule has 0 spiro atoms. The molecular weight excluding hydrogens is 264 g/mol. The van der Waals surface area contributed by atoms with Crippen molar-refractivity contribution in [3.05, 3.63) is 0 Å². The van der Waals surface area contributed by atoms with Gasteiger partial charge in [0.25, 0.3) is 0 Å². The topological polar surface area (TPSA) is 0 Å². The Bertz CT molecular complexity index is 371. The summed E-state index contributed by atoms with van der Waals surface area (Å²) in [6.45, 7) is 5.20. The van der Waals surface area contributed by atoms with Gasteiger partial charge in [0.05, 0.1) is 0 Å². The first-order chi connectivity index (χ1) is 10.7. The molecule has 0 aromatic carbocycles. The van der Waals surface area contributed by atoms with Crippen LogP contribution in [-0.4, -0.2) is 0 Å². The van der Waals surface area contributed by atoms with E-state index in [0.717, 1.165) is 40.9 Å². The summed E-state index contributed by atoms with van der Waals surface area (Å²) in [6, 6.07) is 0. The van der Waals surface area contributed by atoms with Gasteiger partial charge < -0.3 is 0 Å². The lowest BCUT2D eigenvalue weighted by Crippen LogP contribution is -2.45. The molecule has 4 rings (SSSR count). The average Bonchev–Trinajstić information content (AvgIpc) is 3.00. The Morgan fingerprint density at radius 1 is 0.818 bits per heavy atom. The molecule has 4 aliphatic carbocycles. The summed E-state index contributed by atoms with van der Waals surface area (Å²) in [6.07, 6.45) is 20.2. The first kappa shape index (κ1) is 15.5. The Morgan fingerprint density at radius 3 is 2.23 bits per heavy atom. The van der Waals surface area contributed by atoms with Crippen LogP contribution in [0.5, 0.6) is 0 Å². The minimum absolute atomic E-state index is 0.724. The van der Waals surface area contributed by atoms with Gasteiger partial charge in [-0.2, -0.15) is 0 Å². The van der Waals surface area contributed by atoms with Crippen LogP contribution in [0.4, 0.5) is 0 Å². The van der Waals surface area contributed by atoms with Crippen LogP contribution in [0.2, 0.25) is 0 Å². The van der Waals surface area contributed by atoms with Crippen LogP contribution in [0.25, 0.3) is 0 Å². The van der Waals surface area contributed by atoms with Crippen molar-refractivity contribution in [2.45, 2.75) is 97.3 Å². The Kier molecular flexibility index (Phi) is 4.33. The molecule has 22 heavy (non-hydrogen) atoms. The van der Waals surface area contributed by atoms with Crippen LogP contribution in [0, 0.1) is 40.9 Å². The molecule has 4 fully saturated rings. The van der Waals surface area contributed by atoms with Crippen LogP contribution in [0.3, 0.4) is 0 Å². The van der Waals surface area contributed by atoms with Gasteiger partial charge in [0.1, 0.15) is 0 Å². The van der Waals surface area contributed by atoms with Crippen LogP contribution >= 0.6 is 0 Å². The molecule has 0 heterocycles. The number of hydrogen-bond acceptors (Lipinski definition) is 0. The van der Waals surface area contributed by atoms with Crippen molar-refractivity contribution in [3.63, 3.8) is 0 Å². The maximum atomic E-state index is 2.69. The Hall–Kier alpha value is 0. The summed E-state index contributed by atoms with van der Waals surface area (Å²) in [7, 11) is 0. The fourth-order valence-corrected chi connectivity index (χ4v) is 7.96. The summed E-state index contributed by atoms with van der Waals surface area (Å²) >= 11 is 0. The molecule has 4 saturated carbocycles. The molecule has 0 bridgehead atoms. The van der Waals surface area contributed by atoms with Gasteiger partial charge in [0.15, 0.2) is 0 Å². The van der Waals surface area contributed by atoms with Crippen molar-refractivity contribution in [3.8, 4) is 0 Å². The summed E-state index contributed by atoms with van der Waals surface area (Å²) < 4.78 is 0. The molecule has 0 aromatic rings. The predicted octanol–water partition coefficient (Wildman–Crippen LogP) is 6.84. The van der Waals surface area contributed by atoms with Gasteiger partial charge in [0, 0.05) is 0 Å². The van der Waals surface area contributed by atoms with Crippen molar-refractivity contribution in [2.24, 2.45) is 40.9 Å². The van der Waals surface area contributed by atoms with Crippen LogP contribution in [0.15, 0.2) is 0 Å². The lowest BCUT2D eigenvalue weighted by Gasteiger charge is -2.53. The van der Waals surface area contributed by atoms with E-state index in [4.69, 9.17) is 0 Å². The molecule has 6 unspecified atom stereocenters. The zero-order valence-electron chi connectivity index (χ0n) is 15.2. The highest BCUT2D eigenvalue weighted by Gasteiger charge is 2.51. The van der Waals surface area contributed by atoms with Gasteiger partial charge in [-0.15, -0.1) is 0 Å². The monoisotopic (exact) mass is 302 g/mol. The van der Waals surface area contributed by atoms with E-state index in [1.54, 1.807) is 57.8 Å². The lowest BCUT2D eigenvalue weighted by molar-refractivity contribution is -0.0361. The van der Waals surface area contributed by atoms with Crippen molar-refractivity contribution in [1.29, 1.82) is 0 Å². The van der Waals surface area contributed by atoms with E-state index in [9.17, 15) is 0 Å². The zero-order chi connectivity index (χ0) is 15.2. The number of rotatable bonds is 3. The molecule has 0 heteroatoms. The van der Waals surface area contributed by atoms with E-state index in [2.05, 4.69) is 13.8 Å². The fraction of sp³-hybridized carbons (Fsp3) is 1.00. The van der Waals surface area contributed by atoms with Crippen molar-refractivity contribution < 1.29 is 0 Å². The molecule has 0 N–H and O–H groups in total. The van der Waals surface area contributed by atoms with Gasteiger partial charge in [0.2, 0.25) is 0 Å². The number of hydrogen-bond donors (Lipinski definition) is 0. The molecular formula is C22H38. The second kappa shape index (κ2) is 6.14. The predicted molar refractivity (Wildman–Crippen MR) is 94.7 cm³/mol. The molecule has 0 nitrogen and oxygen atoms in total. The molecule has 0 amide bonds. The Labute approximate surface area is 138 Å². The van der Waals surface area contributed by atoms with Crippen molar-refractivity contribution in [1.82, 2.24) is 0 Å². The SMILES string of the molecule is CCC1(C(C)C2CCC3CCC4CCCC2C43)CCCCC1. The molecule has 4 aliphatic rings. The highest BCUT2D eigenvalue weighted by molar-refractivity contribution is 5.01. The second-order valence-corrected chi connectivity index (χ2v) is 9.58. The summed E-state index contributed by atoms with van der Waals surface area (Å²) in [4.78, 5) is 0. The van der Waals surface area contributed by atoms with Crippen LogP contribution in [-0.2, 0) is 0 Å². The Morgan fingerprint density at radius 2 is 1.50 bits per heavy atom. The summed E-state index contributed by atoms with van der Waals surface area (Å²) in [5.74, 6) is 6.65. The van der Waals surface area contributed by atoms with Crippen molar-refractivity contribution in [2.75, 3.05) is 0 Å². The quantitative estimate of drug-likeness (QED) is 0.535. The van der Waals surface area contributed by atoms with E-state index >= 15 is 0 Å². The maximum absolute atomic E-state index is 2.69. The highest BCUT2D eigenvalue weighted by atomic mass is 14.6. The van der Waals surface area contributed by atoms with Crippen LogP contribution < -0.4 is 0 Å². The van der Waals surface area contributed by atoms with Crippen LogP contribution in [0.1, 0.15) is 97.3 Å². The van der Waals surface area contributed by atoms with Gasteiger partial charge in [-0.3, -0.25) is 0 Å². The maximum Gasteiger partial charge on any atom is -0.0272 e. The van der Waals surface area contributed by atoms with E-state index < -0.39 is 0 Å². The third kappa shape index (κ3) is 2.39. The third-order valence-electron chi connectivity index (χ3n) is 9.19. The summed E-state index contributed by atoms with van der Waals surface area (Å²) in [5.41, 5.74) is 0.724. The fourth-order valence-electron chi connectivity index (χ4n) is 7.96. The minimum atomic E-state index is 0.724. The molecule has 0 saturated heterocycles. The molecule has 0 aromatic heterocycles. The first-order valence-electron chi connectivity index (χ1n) is 10.7. The van der Waals surface area contributed by atoms with E-state index in [0.29, 0.717) is 0 Å². The summed E-state index contributed by atoms with van der Waals surface area (Å²) in [5, 5.41) is 0. The lowest BCUT2D eigenvalue weighted by atomic mass is 9.52.